The zero-order valence-electron chi connectivity index (χ0n) is 11.1. The molecule has 1 aliphatic heterocycles. The van der Waals surface area contributed by atoms with E-state index in [0.29, 0.717) is 12.0 Å². The number of benzene rings is 1. The first kappa shape index (κ1) is 14.3. The van der Waals surface area contributed by atoms with Crippen LogP contribution < -0.4 is 10.1 Å². The molecule has 1 fully saturated rings. The summed E-state index contributed by atoms with van der Waals surface area (Å²) in [7, 11) is -1.55. The summed E-state index contributed by atoms with van der Waals surface area (Å²) < 4.78 is 41.8. The molecule has 0 saturated carbocycles. The molecule has 6 heteroatoms. The number of halogens is 1. The van der Waals surface area contributed by atoms with Gasteiger partial charge in [-0.1, -0.05) is 12.1 Å². The fraction of sp³-hybridized carbons (Fsp3) is 0.538. The first-order valence-corrected chi connectivity index (χ1v) is 7.94. The van der Waals surface area contributed by atoms with E-state index in [0.717, 1.165) is 0 Å². The lowest BCUT2D eigenvalue weighted by Crippen LogP contribution is -2.43. The molecule has 0 spiro atoms. The summed E-state index contributed by atoms with van der Waals surface area (Å²) in [6.45, 7) is 2.14. The molecule has 0 bridgehead atoms. The third-order valence-electron chi connectivity index (χ3n) is 3.47. The number of rotatable bonds is 4. The molecule has 1 aliphatic rings. The van der Waals surface area contributed by atoms with Crippen LogP contribution in [0.1, 0.15) is 18.9 Å². The van der Waals surface area contributed by atoms with Gasteiger partial charge >= 0.3 is 0 Å². The average molecular weight is 287 g/mol. The second-order valence-corrected chi connectivity index (χ2v) is 7.37. The van der Waals surface area contributed by atoms with Gasteiger partial charge in [0.1, 0.15) is 0 Å². The van der Waals surface area contributed by atoms with Crippen LogP contribution in [-0.4, -0.2) is 32.6 Å². The van der Waals surface area contributed by atoms with Crippen molar-refractivity contribution in [1.29, 1.82) is 0 Å². The van der Waals surface area contributed by atoms with Crippen LogP contribution >= 0.6 is 0 Å². The zero-order chi connectivity index (χ0) is 14.1. The second kappa shape index (κ2) is 5.09. The quantitative estimate of drug-likeness (QED) is 0.912. The standard InChI is InChI=1S/C13H18FNO3S/c1-13(6-7-19(16,17)9-13)15-8-10-4-3-5-11(18-2)12(10)14/h3-5,15H,6-9H2,1-2H3. The molecule has 1 atom stereocenters. The summed E-state index contributed by atoms with van der Waals surface area (Å²) in [5.74, 6) is 0.0910. The molecule has 1 saturated heterocycles. The van der Waals surface area contributed by atoms with Crippen molar-refractivity contribution in [3.05, 3.63) is 29.6 Å². The van der Waals surface area contributed by atoms with Gasteiger partial charge in [0.2, 0.25) is 0 Å². The minimum Gasteiger partial charge on any atom is -0.494 e. The number of nitrogens with one attached hydrogen (secondary N) is 1. The third-order valence-corrected chi connectivity index (χ3v) is 5.38. The maximum atomic E-state index is 13.9. The SMILES string of the molecule is COc1cccc(CNC2(C)CCS(=O)(=O)C2)c1F. The molecule has 0 radical (unpaired) electrons. The molecule has 1 aromatic carbocycles. The molecular weight excluding hydrogens is 269 g/mol. The van der Waals surface area contributed by atoms with Gasteiger partial charge in [-0.15, -0.1) is 0 Å². The van der Waals surface area contributed by atoms with Crippen LogP contribution in [-0.2, 0) is 16.4 Å². The van der Waals surface area contributed by atoms with Gasteiger partial charge < -0.3 is 10.1 Å². The van der Waals surface area contributed by atoms with Crippen LogP contribution in [0.2, 0.25) is 0 Å². The Morgan fingerprint density at radius 3 is 2.79 bits per heavy atom. The van der Waals surface area contributed by atoms with E-state index in [2.05, 4.69) is 5.32 Å². The van der Waals surface area contributed by atoms with Crippen molar-refractivity contribution in [2.75, 3.05) is 18.6 Å². The first-order chi connectivity index (χ1) is 8.85. The summed E-state index contributed by atoms with van der Waals surface area (Å²) in [4.78, 5) is 0. The summed E-state index contributed by atoms with van der Waals surface area (Å²) in [6, 6.07) is 4.94. The highest BCUT2D eigenvalue weighted by atomic mass is 32.2. The molecule has 1 N–H and O–H groups in total. The predicted octanol–water partition coefficient (Wildman–Crippen LogP) is 1.50. The van der Waals surface area contributed by atoms with E-state index in [-0.39, 0.29) is 23.8 Å². The van der Waals surface area contributed by atoms with Crippen molar-refractivity contribution >= 4 is 9.84 Å². The van der Waals surface area contributed by atoms with Crippen LogP contribution in [0.5, 0.6) is 5.75 Å². The zero-order valence-corrected chi connectivity index (χ0v) is 11.9. The van der Waals surface area contributed by atoms with Crippen LogP contribution in [0.25, 0.3) is 0 Å². The van der Waals surface area contributed by atoms with Crippen molar-refractivity contribution < 1.29 is 17.5 Å². The lowest BCUT2D eigenvalue weighted by atomic mass is 10.0. The summed E-state index contributed by atoms with van der Waals surface area (Å²) in [5.41, 5.74) is -0.00109. The Kier molecular flexibility index (Phi) is 3.82. The van der Waals surface area contributed by atoms with Crippen molar-refractivity contribution in [2.45, 2.75) is 25.4 Å². The minimum absolute atomic E-state index is 0.103. The molecule has 2 rings (SSSR count). The Morgan fingerprint density at radius 2 is 2.21 bits per heavy atom. The Labute approximate surface area is 112 Å². The van der Waals surface area contributed by atoms with E-state index in [1.165, 1.54) is 7.11 Å². The smallest absolute Gasteiger partial charge is 0.169 e. The molecule has 19 heavy (non-hydrogen) atoms. The maximum Gasteiger partial charge on any atom is 0.169 e. The van der Waals surface area contributed by atoms with E-state index < -0.39 is 21.2 Å². The molecule has 1 heterocycles. The van der Waals surface area contributed by atoms with E-state index in [1.54, 1.807) is 18.2 Å². The van der Waals surface area contributed by atoms with Gasteiger partial charge in [0.15, 0.2) is 21.4 Å². The first-order valence-electron chi connectivity index (χ1n) is 6.12. The largest absolute Gasteiger partial charge is 0.494 e. The Morgan fingerprint density at radius 1 is 1.47 bits per heavy atom. The van der Waals surface area contributed by atoms with E-state index in [4.69, 9.17) is 4.74 Å². The Hall–Kier alpha value is -1.14. The van der Waals surface area contributed by atoms with Crippen LogP contribution in [0, 0.1) is 5.82 Å². The topological polar surface area (TPSA) is 55.4 Å². The molecule has 106 valence electrons. The van der Waals surface area contributed by atoms with Crippen LogP contribution in [0.3, 0.4) is 0 Å². The normalized spacial score (nSPS) is 25.4. The molecule has 0 amide bonds. The number of hydrogen-bond acceptors (Lipinski definition) is 4. The monoisotopic (exact) mass is 287 g/mol. The Bertz CT molecular complexity index is 573. The fourth-order valence-electron chi connectivity index (χ4n) is 2.31. The van der Waals surface area contributed by atoms with Crippen LogP contribution in [0.4, 0.5) is 4.39 Å². The van der Waals surface area contributed by atoms with Gasteiger partial charge in [-0.05, 0) is 19.4 Å². The second-order valence-electron chi connectivity index (χ2n) is 5.19. The van der Waals surface area contributed by atoms with Crippen molar-refractivity contribution in [1.82, 2.24) is 5.32 Å². The molecule has 1 unspecified atom stereocenters. The fourth-order valence-corrected chi connectivity index (χ4v) is 4.43. The highest BCUT2D eigenvalue weighted by Gasteiger charge is 2.37. The van der Waals surface area contributed by atoms with E-state index in [9.17, 15) is 12.8 Å². The summed E-state index contributed by atoms with van der Waals surface area (Å²) in [6.07, 6.45) is 0.556. The Balaban J connectivity index is 2.08. The maximum absolute atomic E-state index is 13.9. The van der Waals surface area contributed by atoms with Gasteiger partial charge in [-0.3, -0.25) is 0 Å². The average Bonchev–Trinajstić information content (AvgIpc) is 2.63. The summed E-state index contributed by atoms with van der Waals surface area (Å²) >= 11 is 0. The van der Waals surface area contributed by atoms with Gasteiger partial charge in [-0.25, -0.2) is 12.8 Å². The van der Waals surface area contributed by atoms with Crippen molar-refractivity contribution in [2.24, 2.45) is 0 Å². The van der Waals surface area contributed by atoms with E-state index >= 15 is 0 Å². The molecule has 0 aromatic heterocycles. The predicted molar refractivity (Wildman–Crippen MR) is 71.5 cm³/mol. The number of methoxy groups -OCH3 is 1. The molecule has 1 aromatic rings. The van der Waals surface area contributed by atoms with E-state index in [1.807, 2.05) is 6.92 Å². The minimum atomic E-state index is -2.96. The molecule has 0 aliphatic carbocycles. The molecular formula is C13H18FNO3S. The highest BCUT2D eigenvalue weighted by molar-refractivity contribution is 7.91. The van der Waals surface area contributed by atoms with Gasteiger partial charge in [0.05, 0.1) is 18.6 Å². The summed E-state index contributed by atoms with van der Waals surface area (Å²) in [5, 5.41) is 3.15. The van der Waals surface area contributed by atoms with Gasteiger partial charge in [0.25, 0.3) is 0 Å². The number of sulfone groups is 1. The molecule has 4 nitrogen and oxygen atoms in total. The third kappa shape index (κ3) is 3.25. The van der Waals surface area contributed by atoms with Crippen LogP contribution in [0.15, 0.2) is 18.2 Å². The highest BCUT2D eigenvalue weighted by Crippen LogP contribution is 2.25. The van der Waals surface area contributed by atoms with Gasteiger partial charge in [-0.2, -0.15) is 0 Å². The van der Waals surface area contributed by atoms with Gasteiger partial charge in [0, 0.05) is 17.6 Å². The van der Waals surface area contributed by atoms with Crippen molar-refractivity contribution in [3.63, 3.8) is 0 Å². The van der Waals surface area contributed by atoms with Crippen molar-refractivity contribution in [3.8, 4) is 5.75 Å². The lowest BCUT2D eigenvalue weighted by molar-refractivity contribution is 0.371. The number of ether oxygens (including phenoxy) is 1. The number of hydrogen-bond donors (Lipinski definition) is 1. The lowest BCUT2D eigenvalue weighted by Gasteiger charge is -2.24.